The highest BCUT2D eigenvalue weighted by Crippen LogP contribution is 2.20. The van der Waals surface area contributed by atoms with Gasteiger partial charge in [-0.15, -0.1) is 0 Å². The van der Waals surface area contributed by atoms with Gasteiger partial charge in [0.05, 0.1) is 25.4 Å². The number of esters is 1. The summed E-state index contributed by atoms with van der Waals surface area (Å²) in [4.78, 5) is 24.6. The number of hydrogen-bond donors (Lipinski definition) is 3. The molecule has 1 amide bonds. The summed E-state index contributed by atoms with van der Waals surface area (Å²) in [6.07, 6.45) is 81.5. The lowest BCUT2D eigenvalue weighted by molar-refractivity contribution is -0.143. The van der Waals surface area contributed by atoms with Crippen molar-refractivity contribution in [3.05, 3.63) is 0 Å². The molecular weight excluding hydrogens is 947 g/mol. The molecule has 3 N–H and O–H groups in total. The van der Waals surface area contributed by atoms with E-state index in [0.717, 1.165) is 38.5 Å². The minimum atomic E-state index is -0.662. The summed E-state index contributed by atoms with van der Waals surface area (Å²) in [6, 6.07) is -0.539. The first-order valence-corrected chi connectivity index (χ1v) is 35.8. The smallest absolute Gasteiger partial charge is 0.305 e. The molecule has 2 atom stereocenters. The zero-order valence-corrected chi connectivity index (χ0v) is 52.7. The van der Waals surface area contributed by atoms with Crippen molar-refractivity contribution in [3.63, 3.8) is 0 Å². The van der Waals surface area contributed by atoms with E-state index in [2.05, 4.69) is 19.2 Å². The summed E-state index contributed by atoms with van der Waals surface area (Å²) in [5.74, 6) is -0.00653. The molecule has 6 nitrogen and oxygen atoms in total. The Kier molecular flexibility index (Phi) is 66.4. The van der Waals surface area contributed by atoms with Crippen LogP contribution in [-0.2, 0) is 14.3 Å². The standard InChI is InChI=1S/C71H141NO5/c1-3-5-7-9-11-13-15-17-19-21-32-35-39-43-47-51-55-59-63-69(74)68(67-73)72-70(75)64-60-56-52-48-44-40-36-33-29-27-25-23-22-24-26-28-30-34-38-42-46-50-54-58-62-66-77-71(76)65-61-57-53-49-45-41-37-31-20-18-16-14-12-10-8-6-4-2/h68-69,73-74H,3-67H2,1-2H3,(H,72,75). The maximum atomic E-state index is 12.5. The topological polar surface area (TPSA) is 95.9 Å². The Labute approximate surface area is 483 Å². The number of rotatable bonds is 68. The molecule has 0 aromatic carbocycles. The Morgan fingerprint density at radius 2 is 0.532 bits per heavy atom. The molecule has 0 bridgehead atoms. The van der Waals surface area contributed by atoms with E-state index in [1.54, 1.807) is 0 Å². The second-order valence-corrected chi connectivity index (χ2v) is 24.9. The second-order valence-electron chi connectivity index (χ2n) is 24.9. The monoisotopic (exact) mass is 1090 g/mol. The average Bonchev–Trinajstić information content (AvgIpc) is 3.43. The van der Waals surface area contributed by atoms with E-state index in [1.807, 2.05) is 0 Å². The highest BCUT2D eigenvalue weighted by molar-refractivity contribution is 5.76. The van der Waals surface area contributed by atoms with Crippen LogP contribution in [0.1, 0.15) is 418 Å². The van der Waals surface area contributed by atoms with Gasteiger partial charge < -0.3 is 20.3 Å². The molecule has 2 unspecified atom stereocenters. The van der Waals surface area contributed by atoms with E-state index < -0.39 is 12.1 Å². The third-order valence-corrected chi connectivity index (χ3v) is 17.2. The molecule has 0 rings (SSSR count). The Bertz CT molecular complexity index is 1120. The first-order chi connectivity index (χ1) is 38.0. The van der Waals surface area contributed by atoms with Gasteiger partial charge in [0.15, 0.2) is 0 Å². The van der Waals surface area contributed by atoms with Crippen molar-refractivity contribution in [1.29, 1.82) is 0 Å². The summed E-state index contributed by atoms with van der Waals surface area (Å²) >= 11 is 0. The van der Waals surface area contributed by atoms with Gasteiger partial charge in [0.25, 0.3) is 0 Å². The van der Waals surface area contributed by atoms with Crippen LogP contribution in [0, 0.1) is 0 Å². The van der Waals surface area contributed by atoms with Gasteiger partial charge in [-0.1, -0.05) is 380 Å². The molecule has 0 aliphatic heterocycles. The summed E-state index contributed by atoms with van der Waals surface area (Å²) in [7, 11) is 0. The number of ether oxygens (including phenoxy) is 1. The van der Waals surface area contributed by atoms with Crippen molar-refractivity contribution < 1.29 is 24.5 Å². The van der Waals surface area contributed by atoms with Crippen LogP contribution < -0.4 is 5.32 Å². The van der Waals surface area contributed by atoms with Crippen LogP contribution in [-0.4, -0.2) is 47.4 Å². The van der Waals surface area contributed by atoms with E-state index in [1.165, 1.54) is 347 Å². The molecule has 6 heteroatoms. The van der Waals surface area contributed by atoms with E-state index >= 15 is 0 Å². The highest BCUT2D eigenvalue weighted by Gasteiger charge is 2.20. The molecule has 0 fully saturated rings. The van der Waals surface area contributed by atoms with Crippen molar-refractivity contribution >= 4 is 11.9 Å². The maximum Gasteiger partial charge on any atom is 0.305 e. The highest BCUT2D eigenvalue weighted by atomic mass is 16.5. The molecule has 0 radical (unpaired) electrons. The van der Waals surface area contributed by atoms with Crippen LogP contribution in [0.3, 0.4) is 0 Å². The summed E-state index contributed by atoms with van der Waals surface area (Å²) in [6.45, 7) is 5.01. The van der Waals surface area contributed by atoms with E-state index in [0.29, 0.717) is 25.9 Å². The molecule has 0 heterocycles. The van der Waals surface area contributed by atoms with Crippen LogP contribution in [0.2, 0.25) is 0 Å². The van der Waals surface area contributed by atoms with Gasteiger partial charge >= 0.3 is 5.97 Å². The van der Waals surface area contributed by atoms with Crippen molar-refractivity contribution in [2.24, 2.45) is 0 Å². The first-order valence-electron chi connectivity index (χ1n) is 35.8. The molecule has 0 aromatic rings. The molecule has 0 aromatic heterocycles. The van der Waals surface area contributed by atoms with Crippen molar-refractivity contribution in [3.8, 4) is 0 Å². The van der Waals surface area contributed by atoms with Crippen molar-refractivity contribution in [2.45, 2.75) is 431 Å². The number of carbonyl (C=O) groups is 2. The Morgan fingerprint density at radius 1 is 0.312 bits per heavy atom. The van der Waals surface area contributed by atoms with Crippen LogP contribution >= 0.6 is 0 Å². The fourth-order valence-corrected chi connectivity index (χ4v) is 11.7. The van der Waals surface area contributed by atoms with Crippen LogP contribution in [0.25, 0.3) is 0 Å². The van der Waals surface area contributed by atoms with Crippen LogP contribution in [0.15, 0.2) is 0 Å². The average molecular weight is 1090 g/mol. The quantitative estimate of drug-likeness (QED) is 0.0417. The first kappa shape index (κ1) is 75.9. The lowest BCUT2D eigenvalue weighted by Gasteiger charge is -2.22. The number of aliphatic hydroxyl groups is 2. The number of nitrogens with one attached hydrogen (secondary N) is 1. The summed E-state index contributed by atoms with van der Waals surface area (Å²) in [5.41, 5.74) is 0. The molecule has 0 aliphatic rings. The van der Waals surface area contributed by atoms with Gasteiger partial charge in [-0.2, -0.15) is 0 Å². The molecule has 0 saturated heterocycles. The van der Waals surface area contributed by atoms with Gasteiger partial charge in [0.2, 0.25) is 5.91 Å². The predicted octanol–water partition coefficient (Wildman–Crippen LogP) is 23.0. The van der Waals surface area contributed by atoms with E-state index in [4.69, 9.17) is 4.74 Å². The molecule has 0 saturated carbocycles. The predicted molar refractivity (Wildman–Crippen MR) is 338 cm³/mol. The summed E-state index contributed by atoms with van der Waals surface area (Å²) in [5, 5.41) is 23.4. The Morgan fingerprint density at radius 3 is 0.792 bits per heavy atom. The van der Waals surface area contributed by atoms with Crippen molar-refractivity contribution in [1.82, 2.24) is 5.32 Å². The third-order valence-electron chi connectivity index (χ3n) is 17.2. The minimum absolute atomic E-state index is 0.0218. The van der Waals surface area contributed by atoms with Gasteiger partial charge in [-0.05, 0) is 25.7 Å². The van der Waals surface area contributed by atoms with Gasteiger partial charge in [0, 0.05) is 12.8 Å². The van der Waals surface area contributed by atoms with Gasteiger partial charge in [-0.25, -0.2) is 0 Å². The Hall–Kier alpha value is -1.14. The zero-order chi connectivity index (χ0) is 55.7. The fourth-order valence-electron chi connectivity index (χ4n) is 11.7. The maximum absolute atomic E-state index is 12.5. The fraction of sp³-hybridized carbons (Fsp3) is 0.972. The molecule has 0 aliphatic carbocycles. The Balaban J connectivity index is 3.33. The number of aliphatic hydroxyl groups excluding tert-OH is 2. The zero-order valence-electron chi connectivity index (χ0n) is 52.7. The van der Waals surface area contributed by atoms with E-state index in [9.17, 15) is 19.8 Å². The number of carbonyl (C=O) groups excluding carboxylic acids is 2. The SMILES string of the molecule is CCCCCCCCCCCCCCCCCCCCC(O)C(CO)NC(=O)CCCCCCCCCCCCCCCCCCCCCCCCCCCOC(=O)CCCCCCCCCCCCCCCCCCC. The lowest BCUT2D eigenvalue weighted by atomic mass is 10.0. The minimum Gasteiger partial charge on any atom is -0.466 e. The number of amides is 1. The lowest BCUT2D eigenvalue weighted by Crippen LogP contribution is -2.45. The third kappa shape index (κ3) is 63.9. The molecule has 0 spiro atoms. The second kappa shape index (κ2) is 67.4. The normalized spacial score (nSPS) is 12.4. The largest absolute Gasteiger partial charge is 0.466 e. The number of unbranched alkanes of at least 4 members (excludes halogenated alkanes) is 57. The van der Waals surface area contributed by atoms with Crippen molar-refractivity contribution in [2.75, 3.05) is 13.2 Å². The molecule has 460 valence electrons. The van der Waals surface area contributed by atoms with E-state index in [-0.39, 0.29) is 18.5 Å². The molecular formula is C71H141NO5. The van der Waals surface area contributed by atoms with Gasteiger partial charge in [0.1, 0.15) is 0 Å². The van der Waals surface area contributed by atoms with Crippen LogP contribution in [0.5, 0.6) is 0 Å². The molecule has 77 heavy (non-hydrogen) atoms. The number of hydrogen-bond acceptors (Lipinski definition) is 5. The summed E-state index contributed by atoms with van der Waals surface area (Å²) < 4.78 is 5.51. The van der Waals surface area contributed by atoms with Crippen LogP contribution in [0.4, 0.5) is 0 Å². The van der Waals surface area contributed by atoms with Gasteiger partial charge in [-0.3, -0.25) is 9.59 Å².